The van der Waals surface area contributed by atoms with Crippen molar-refractivity contribution in [2.24, 2.45) is 5.92 Å². The van der Waals surface area contributed by atoms with Crippen LogP contribution in [0.25, 0.3) is 11.1 Å². The Labute approximate surface area is 174 Å². The first-order valence-corrected chi connectivity index (χ1v) is 10.1. The number of carbonyl (C=O) groups excluding carboxylic acids is 1. The summed E-state index contributed by atoms with van der Waals surface area (Å²) in [6, 6.07) is 4.66. The molecule has 1 aromatic carbocycles. The van der Waals surface area contributed by atoms with Crippen LogP contribution in [0.4, 0.5) is 10.4 Å². The van der Waals surface area contributed by atoms with Gasteiger partial charge < -0.3 is 19.4 Å². The number of ether oxygens (including phenoxy) is 1. The molecule has 1 amide bonds. The molecule has 3 heterocycles. The molecule has 9 heteroatoms. The van der Waals surface area contributed by atoms with E-state index in [1.54, 1.807) is 13.2 Å². The first kappa shape index (κ1) is 20.3. The van der Waals surface area contributed by atoms with Crippen LogP contribution in [0.3, 0.4) is 0 Å². The number of nitrogens with zero attached hydrogens (tertiary/aromatic N) is 4. The van der Waals surface area contributed by atoms with Crippen molar-refractivity contribution >= 4 is 23.0 Å². The topological polar surface area (TPSA) is 85.4 Å². The van der Waals surface area contributed by atoms with Gasteiger partial charge in [-0.1, -0.05) is 0 Å². The van der Waals surface area contributed by atoms with Crippen molar-refractivity contribution in [3.63, 3.8) is 0 Å². The van der Waals surface area contributed by atoms with Crippen LogP contribution in [-0.4, -0.2) is 52.4 Å². The molecule has 1 N–H and O–H groups in total. The number of amides is 1. The average Bonchev–Trinajstić information content (AvgIpc) is 3.41. The summed E-state index contributed by atoms with van der Waals surface area (Å²) in [5.41, 5.74) is 1.96. The molecule has 2 aromatic heterocycles. The second-order valence-corrected chi connectivity index (χ2v) is 7.85. The van der Waals surface area contributed by atoms with E-state index in [0.717, 1.165) is 5.56 Å². The Morgan fingerprint density at radius 1 is 1.40 bits per heavy atom. The molecule has 0 spiro atoms. The highest BCUT2D eigenvalue weighted by molar-refractivity contribution is 5.80. The number of halogens is 1. The summed E-state index contributed by atoms with van der Waals surface area (Å²) in [6.45, 7) is 5.60. The Balaban J connectivity index is 1.54. The smallest absolute Gasteiger partial charge is 0.295 e. The molecule has 1 aliphatic rings. The molecular weight excluding hydrogens is 389 g/mol. The summed E-state index contributed by atoms with van der Waals surface area (Å²) in [5.74, 6) is -0.272. The van der Waals surface area contributed by atoms with Crippen LogP contribution in [0.5, 0.6) is 0 Å². The Morgan fingerprint density at radius 2 is 2.23 bits per heavy atom. The second-order valence-electron chi connectivity index (χ2n) is 7.85. The van der Waals surface area contributed by atoms with E-state index in [4.69, 9.17) is 9.15 Å². The van der Waals surface area contributed by atoms with Gasteiger partial charge in [0.05, 0.1) is 18.8 Å². The van der Waals surface area contributed by atoms with Gasteiger partial charge in [-0.15, -0.1) is 0 Å². The van der Waals surface area contributed by atoms with Crippen molar-refractivity contribution in [3.05, 3.63) is 42.0 Å². The number of carbonyl (C=O) groups is 1. The maximum Gasteiger partial charge on any atom is 0.295 e. The fraction of sp³-hybridized carbons (Fsp3) is 0.476. The van der Waals surface area contributed by atoms with E-state index in [9.17, 15) is 9.18 Å². The van der Waals surface area contributed by atoms with Gasteiger partial charge in [-0.25, -0.2) is 4.39 Å². The van der Waals surface area contributed by atoms with E-state index in [-0.39, 0.29) is 29.7 Å². The molecule has 0 bridgehead atoms. The maximum absolute atomic E-state index is 13.4. The van der Waals surface area contributed by atoms with Gasteiger partial charge in [0, 0.05) is 56.4 Å². The monoisotopic (exact) mass is 415 g/mol. The van der Waals surface area contributed by atoms with Gasteiger partial charge in [0.15, 0.2) is 5.58 Å². The number of fused-ring (bicyclic) bond motifs is 1. The third kappa shape index (κ3) is 4.02. The summed E-state index contributed by atoms with van der Waals surface area (Å²) in [5, 5.41) is 7.63. The number of hydrogen-bond acceptors (Lipinski definition) is 6. The third-order valence-corrected chi connectivity index (χ3v) is 5.43. The molecular formula is C21H26FN5O3. The van der Waals surface area contributed by atoms with Crippen LogP contribution in [0.1, 0.15) is 37.9 Å². The fourth-order valence-corrected chi connectivity index (χ4v) is 3.93. The zero-order valence-electron chi connectivity index (χ0n) is 17.3. The van der Waals surface area contributed by atoms with Gasteiger partial charge in [0.1, 0.15) is 11.3 Å². The van der Waals surface area contributed by atoms with Crippen molar-refractivity contribution in [2.75, 3.05) is 32.1 Å². The number of aromatic nitrogens is 3. The molecule has 1 fully saturated rings. The summed E-state index contributed by atoms with van der Waals surface area (Å²) in [6.07, 6.45) is 4.24. The third-order valence-electron chi connectivity index (χ3n) is 5.43. The standard InChI is InChI=1S/C21H26FN5O3/c1-13(2)27-12-15(11-24-27)20-14(8-19(28)26(20)6-7-29-3)10-23-21-25-17-9-16(22)4-5-18(17)30-21/h4-5,9,11-14,20H,6-8,10H2,1-3H3,(H,23,25)/t14-,20+/m0/s1. The first-order chi connectivity index (χ1) is 14.5. The van der Waals surface area contributed by atoms with Crippen LogP contribution in [0.15, 0.2) is 35.0 Å². The molecule has 160 valence electrons. The summed E-state index contributed by atoms with van der Waals surface area (Å²) in [4.78, 5) is 18.9. The molecule has 0 radical (unpaired) electrons. The van der Waals surface area contributed by atoms with Crippen LogP contribution < -0.4 is 5.32 Å². The normalized spacial score (nSPS) is 19.4. The molecule has 3 aromatic rings. The van der Waals surface area contributed by atoms with E-state index in [2.05, 4.69) is 29.2 Å². The highest BCUT2D eigenvalue weighted by atomic mass is 19.1. The molecule has 1 aliphatic heterocycles. The lowest BCUT2D eigenvalue weighted by molar-refractivity contribution is -0.129. The Morgan fingerprint density at radius 3 is 2.97 bits per heavy atom. The number of benzene rings is 1. The molecule has 0 saturated carbocycles. The maximum atomic E-state index is 13.4. The van der Waals surface area contributed by atoms with Crippen molar-refractivity contribution in [1.82, 2.24) is 19.7 Å². The minimum atomic E-state index is -0.361. The molecule has 1 saturated heterocycles. The Hall–Kier alpha value is -2.94. The summed E-state index contributed by atoms with van der Waals surface area (Å²) in [7, 11) is 1.63. The molecule has 4 rings (SSSR count). The van der Waals surface area contributed by atoms with E-state index in [0.29, 0.717) is 43.2 Å². The number of likely N-dealkylation sites (tertiary alicyclic amines) is 1. The lowest BCUT2D eigenvalue weighted by Gasteiger charge is -2.27. The molecule has 8 nitrogen and oxygen atoms in total. The molecule has 2 atom stereocenters. The summed E-state index contributed by atoms with van der Waals surface area (Å²) >= 11 is 0. The zero-order chi connectivity index (χ0) is 21.3. The van der Waals surface area contributed by atoms with Crippen LogP contribution >= 0.6 is 0 Å². The largest absolute Gasteiger partial charge is 0.424 e. The van der Waals surface area contributed by atoms with E-state index in [1.807, 2.05) is 22.0 Å². The second kappa shape index (κ2) is 8.43. The molecule has 30 heavy (non-hydrogen) atoms. The van der Waals surface area contributed by atoms with E-state index < -0.39 is 0 Å². The highest BCUT2D eigenvalue weighted by Crippen LogP contribution is 2.38. The SMILES string of the molecule is COCCN1C(=O)C[C@@H](CNc2nc3cc(F)ccc3o2)[C@@H]1c1cnn(C(C)C)c1. The van der Waals surface area contributed by atoms with Crippen molar-refractivity contribution in [2.45, 2.75) is 32.4 Å². The van der Waals surface area contributed by atoms with Gasteiger partial charge in [0.2, 0.25) is 5.91 Å². The number of methoxy groups -OCH3 is 1. The minimum absolute atomic E-state index is 0.00548. The van der Waals surface area contributed by atoms with Gasteiger partial charge in [-0.2, -0.15) is 10.1 Å². The van der Waals surface area contributed by atoms with Crippen molar-refractivity contribution < 1.29 is 18.3 Å². The van der Waals surface area contributed by atoms with Crippen LogP contribution in [-0.2, 0) is 9.53 Å². The summed E-state index contributed by atoms with van der Waals surface area (Å²) < 4.78 is 26.2. The number of oxazole rings is 1. The van der Waals surface area contributed by atoms with E-state index in [1.165, 1.54) is 12.1 Å². The predicted octanol–water partition coefficient (Wildman–Crippen LogP) is 3.39. The predicted molar refractivity (Wildman–Crippen MR) is 110 cm³/mol. The van der Waals surface area contributed by atoms with Crippen LogP contribution in [0, 0.1) is 11.7 Å². The average molecular weight is 415 g/mol. The lowest BCUT2D eigenvalue weighted by atomic mass is 9.95. The quantitative estimate of drug-likeness (QED) is 0.607. The minimum Gasteiger partial charge on any atom is -0.424 e. The fourth-order valence-electron chi connectivity index (χ4n) is 3.93. The van der Waals surface area contributed by atoms with Gasteiger partial charge >= 0.3 is 0 Å². The number of rotatable bonds is 8. The molecule has 0 aliphatic carbocycles. The van der Waals surface area contributed by atoms with Crippen molar-refractivity contribution in [1.29, 1.82) is 0 Å². The Bertz CT molecular complexity index is 1030. The molecule has 0 unspecified atom stereocenters. The Kier molecular flexibility index (Phi) is 5.72. The van der Waals surface area contributed by atoms with Crippen molar-refractivity contribution in [3.8, 4) is 0 Å². The van der Waals surface area contributed by atoms with Crippen LogP contribution in [0.2, 0.25) is 0 Å². The number of hydrogen-bond donors (Lipinski definition) is 1. The number of anilines is 1. The lowest BCUT2D eigenvalue weighted by Crippen LogP contribution is -2.33. The highest BCUT2D eigenvalue weighted by Gasteiger charge is 2.41. The van der Waals surface area contributed by atoms with Gasteiger partial charge in [-0.3, -0.25) is 9.48 Å². The van der Waals surface area contributed by atoms with Gasteiger partial charge in [-0.05, 0) is 26.0 Å². The number of nitrogens with one attached hydrogen (secondary N) is 1. The zero-order valence-corrected chi connectivity index (χ0v) is 17.3. The first-order valence-electron chi connectivity index (χ1n) is 10.1. The van der Waals surface area contributed by atoms with Gasteiger partial charge in [0.25, 0.3) is 6.01 Å². The van der Waals surface area contributed by atoms with E-state index >= 15 is 0 Å².